The van der Waals surface area contributed by atoms with E-state index in [0.29, 0.717) is 15.7 Å². The van der Waals surface area contributed by atoms with Crippen LogP contribution < -0.4 is 11.2 Å². The average Bonchev–Trinajstić information content (AvgIpc) is 2.61. The zero-order chi connectivity index (χ0) is 17.2. The molecule has 0 aliphatic heterocycles. The molecule has 0 spiro atoms. The number of nitrogens with one attached hydrogen (secondary N) is 1. The van der Waals surface area contributed by atoms with E-state index >= 15 is 0 Å². The molecule has 5 heteroatoms. The molecule has 0 radical (unpaired) electrons. The summed E-state index contributed by atoms with van der Waals surface area (Å²) in [6, 6.07) is 11.0. The van der Waals surface area contributed by atoms with E-state index in [4.69, 9.17) is 18.0 Å². The Hall–Kier alpha value is -1.56. The van der Waals surface area contributed by atoms with Crippen LogP contribution in [0.25, 0.3) is 10.8 Å². The number of pyridine rings is 1. The second-order valence-electron chi connectivity index (χ2n) is 7.01. The first-order valence-corrected chi connectivity index (χ1v) is 9.20. The third-order valence-electron chi connectivity index (χ3n) is 5.32. The van der Waals surface area contributed by atoms with Gasteiger partial charge in [-0.3, -0.25) is 4.98 Å². The Morgan fingerprint density at radius 1 is 1.25 bits per heavy atom. The van der Waals surface area contributed by atoms with Crippen LogP contribution in [0.1, 0.15) is 50.8 Å². The fourth-order valence-corrected chi connectivity index (χ4v) is 3.95. The predicted molar refractivity (Wildman–Crippen MR) is 103 cm³/mol. The molecule has 2 atom stereocenters. The molecule has 24 heavy (non-hydrogen) atoms. The maximum atomic E-state index is 6.14. The second-order valence-corrected chi connectivity index (χ2v) is 7.43. The van der Waals surface area contributed by atoms with Crippen molar-refractivity contribution < 1.29 is 4.59 Å². The number of hydrogen-bond donors (Lipinski definition) is 2. The van der Waals surface area contributed by atoms with Gasteiger partial charge in [-0.1, -0.05) is 30.7 Å². The number of nitrogens with zero attached hydrogens (tertiary/aromatic N) is 2. The summed E-state index contributed by atoms with van der Waals surface area (Å²) in [5.74, 6) is 0. The Bertz CT molecular complexity index is 726. The molecule has 0 bridgehead atoms. The molecule has 3 N–H and O–H groups in total. The summed E-state index contributed by atoms with van der Waals surface area (Å²) in [6.07, 6.45) is 8.10. The lowest BCUT2D eigenvalue weighted by Crippen LogP contribution is -2.67. The van der Waals surface area contributed by atoms with Crippen molar-refractivity contribution in [2.75, 3.05) is 7.05 Å². The molecule has 1 heterocycles. The minimum atomic E-state index is 0.0723. The van der Waals surface area contributed by atoms with Crippen LogP contribution in [0.4, 0.5) is 0 Å². The molecule has 2 unspecified atom stereocenters. The van der Waals surface area contributed by atoms with Crippen LogP contribution in [0, 0.1) is 0 Å². The molecule has 1 aliphatic rings. The van der Waals surface area contributed by atoms with Gasteiger partial charge in [-0.15, -0.1) is 0 Å². The first-order chi connectivity index (χ1) is 11.5. The van der Waals surface area contributed by atoms with Crippen molar-refractivity contribution in [1.82, 2.24) is 10.4 Å². The molecule has 1 aromatic heterocycles. The van der Waals surface area contributed by atoms with E-state index < -0.39 is 0 Å². The van der Waals surface area contributed by atoms with E-state index in [0.717, 1.165) is 11.1 Å². The number of quaternary nitrogens is 1. The quantitative estimate of drug-likeness (QED) is 0.503. The van der Waals surface area contributed by atoms with Gasteiger partial charge < -0.3 is 5.73 Å². The lowest BCUT2D eigenvalue weighted by molar-refractivity contribution is -0.896. The average molecular weight is 344 g/mol. The molecule has 2 aromatic rings. The van der Waals surface area contributed by atoms with Gasteiger partial charge in [-0.05, 0) is 31.2 Å². The predicted octanol–water partition coefficient (Wildman–Crippen LogP) is 3.82. The van der Waals surface area contributed by atoms with E-state index in [9.17, 15) is 0 Å². The highest BCUT2D eigenvalue weighted by molar-refractivity contribution is 7.79. The molecule has 0 amide bonds. The van der Waals surface area contributed by atoms with Crippen molar-refractivity contribution in [2.45, 2.75) is 51.1 Å². The molecular weight excluding hydrogens is 316 g/mol. The van der Waals surface area contributed by atoms with Crippen LogP contribution >= 0.6 is 12.2 Å². The van der Waals surface area contributed by atoms with Crippen LogP contribution in [0.3, 0.4) is 0 Å². The topological polar surface area (TPSA) is 50.9 Å². The van der Waals surface area contributed by atoms with Crippen LogP contribution in [0.5, 0.6) is 0 Å². The third-order valence-corrected chi connectivity index (χ3v) is 5.70. The van der Waals surface area contributed by atoms with E-state index in [1.54, 1.807) is 0 Å². The van der Waals surface area contributed by atoms with E-state index in [1.165, 1.54) is 37.5 Å². The van der Waals surface area contributed by atoms with Crippen molar-refractivity contribution in [3.05, 3.63) is 42.2 Å². The summed E-state index contributed by atoms with van der Waals surface area (Å²) < 4.78 is 0.449. The summed E-state index contributed by atoms with van der Waals surface area (Å²) in [7, 11) is 2.11. The first-order valence-electron chi connectivity index (χ1n) is 8.79. The molecular formula is C19H27N4S+. The second kappa shape index (κ2) is 7.13. The molecule has 1 aliphatic carbocycles. The number of hydrogen-bond acceptors (Lipinski definition) is 3. The number of benzene rings is 1. The van der Waals surface area contributed by atoms with E-state index in [-0.39, 0.29) is 6.04 Å². The minimum absolute atomic E-state index is 0.0723. The Kier molecular flexibility index (Phi) is 5.13. The van der Waals surface area contributed by atoms with Gasteiger partial charge in [0.15, 0.2) is 0 Å². The number of aromatic nitrogens is 1. The Morgan fingerprint density at radius 2 is 1.92 bits per heavy atom. The van der Waals surface area contributed by atoms with Crippen molar-refractivity contribution in [3.8, 4) is 0 Å². The van der Waals surface area contributed by atoms with Gasteiger partial charge in [-0.2, -0.15) is 10.0 Å². The maximum Gasteiger partial charge on any atom is 0.286 e. The Labute approximate surface area is 149 Å². The van der Waals surface area contributed by atoms with Gasteiger partial charge in [0.2, 0.25) is 0 Å². The summed E-state index contributed by atoms with van der Waals surface area (Å²) in [5.41, 5.74) is 10.8. The molecule has 4 nitrogen and oxygen atoms in total. The highest BCUT2D eigenvalue weighted by atomic mass is 32.1. The number of thiocarbonyl (C=S) groups is 1. The summed E-state index contributed by atoms with van der Waals surface area (Å²) in [6.45, 7) is 2.13. The van der Waals surface area contributed by atoms with Gasteiger partial charge in [-0.25, -0.2) is 0 Å². The fourth-order valence-electron chi connectivity index (χ4n) is 3.75. The van der Waals surface area contributed by atoms with Crippen LogP contribution in [0.15, 0.2) is 36.5 Å². The Morgan fingerprint density at radius 3 is 2.58 bits per heavy atom. The maximum absolute atomic E-state index is 6.14. The first kappa shape index (κ1) is 17.3. The van der Waals surface area contributed by atoms with Crippen molar-refractivity contribution in [3.63, 3.8) is 0 Å². The number of fused-ring (bicyclic) bond motifs is 1. The van der Waals surface area contributed by atoms with Crippen LogP contribution in [-0.2, 0) is 0 Å². The standard InChI is InChI=1S/C19H26N4S/c1-14(18-12-15-8-6-7-9-16(15)13-21-18)22-23(2,19(20)24)17-10-4-3-5-11-17/h6-9,12-14,17,22H,3-5,10-11H2,1-2H3,(H-,20,24)/p+1. The SMILES string of the molecule is CC(N[N+](C)(C(N)=S)C1CCCCC1)c1cc2ccccc2cn1. The van der Waals surface area contributed by atoms with E-state index in [2.05, 4.69) is 48.6 Å². The van der Waals surface area contributed by atoms with Crippen LogP contribution in [-0.4, -0.2) is 27.8 Å². The largest absolute Gasteiger partial charge is 0.343 e. The zero-order valence-corrected chi connectivity index (χ0v) is 15.4. The zero-order valence-electron chi connectivity index (χ0n) is 14.5. The molecule has 128 valence electrons. The normalized spacial score (nSPS) is 19.8. The van der Waals surface area contributed by atoms with Gasteiger partial charge in [0.25, 0.3) is 5.11 Å². The molecule has 0 saturated heterocycles. The summed E-state index contributed by atoms with van der Waals surface area (Å²) in [5, 5.41) is 2.88. The smallest absolute Gasteiger partial charge is 0.286 e. The van der Waals surface area contributed by atoms with Gasteiger partial charge in [0.1, 0.15) is 6.04 Å². The highest BCUT2D eigenvalue weighted by Crippen LogP contribution is 2.28. The Balaban J connectivity index is 1.83. The third kappa shape index (κ3) is 3.43. The van der Waals surface area contributed by atoms with Gasteiger partial charge >= 0.3 is 0 Å². The number of nitrogens with two attached hydrogens (primary N) is 1. The molecule has 3 rings (SSSR count). The van der Waals surface area contributed by atoms with Gasteiger partial charge in [0, 0.05) is 36.6 Å². The van der Waals surface area contributed by atoms with Crippen molar-refractivity contribution >= 4 is 28.1 Å². The molecule has 1 fully saturated rings. The summed E-state index contributed by atoms with van der Waals surface area (Å²) in [4.78, 5) is 4.64. The van der Waals surface area contributed by atoms with Crippen LogP contribution in [0.2, 0.25) is 0 Å². The summed E-state index contributed by atoms with van der Waals surface area (Å²) >= 11 is 5.42. The molecule has 1 aromatic carbocycles. The fraction of sp³-hybridized carbons (Fsp3) is 0.474. The lowest BCUT2D eigenvalue weighted by Gasteiger charge is -2.42. The number of rotatable bonds is 4. The monoisotopic (exact) mass is 343 g/mol. The molecule has 1 saturated carbocycles. The van der Waals surface area contributed by atoms with E-state index in [1.807, 2.05) is 12.3 Å². The van der Waals surface area contributed by atoms with Crippen molar-refractivity contribution in [2.24, 2.45) is 5.73 Å². The van der Waals surface area contributed by atoms with Crippen molar-refractivity contribution in [1.29, 1.82) is 0 Å². The van der Waals surface area contributed by atoms with Gasteiger partial charge in [0.05, 0.1) is 18.8 Å². The lowest BCUT2D eigenvalue weighted by atomic mass is 9.94. The minimum Gasteiger partial charge on any atom is -0.343 e. The highest BCUT2D eigenvalue weighted by Gasteiger charge is 2.39.